The highest BCUT2D eigenvalue weighted by molar-refractivity contribution is 7.80. The van der Waals surface area contributed by atoms with E-state index in [2.05, 4.69) is 20.7 Å². The molecule has 0 bridgehead atoms. The van der Waals surface area contributed by atoms with Gasteiger partial charge in [-0.1, -0.05) is 46.9 Å². The van der Waals surface area contributed by atoms with Gasteiger partial charge in [-0.3, -0.25) is 4.79 Å². The molecule has 0 saturated carbocycles. The summed E-state index contributed by atoms with van der Waals surface area (Å²) in [6, 6.07) is 13.0. The van der Waals surface area contributed by atoms with Crippen LogP contribution in [0.1, 0.15) is 20.7 Å². The van der Waals surface area contributed by atoms with E-state index in [1.807, 2.05) is 0 Å². The summed E-state index contributed by atoms with van der Waals surface area (Å²) in [6.07, 6.45) is -1.16. The maximum atomic E-state index is 12.6. The monoisotopic (exact) mass is 489 g/mol. The normalized spacial score (nSPS) is 11.8. The molecular formula is C19H18Cl3N3O4S. The highest BCUT2D eigenvalue weighted by atomic mass is 35.6. The van der Waals surface area contributed by atoms with E-state index in [0.29, 0.717) is 17.0 Å². The Kier molecular flexibility index (Phi) is 8.54. The molecule has 2 aromatic rings. The van der Waals surface area contributed by atoms with Gasteiger partial charge >= 0.3 is 5.97 Å². The summed E-state index contributed by atoms with van der Waals surface area (Å²) in [5.74, 6) is -0.622. The number of hydrogen-bond donors (Lipinski definition) is 3. The highest BCUT2D eigenvalue weighted by Gasteiger charge is 2.35. The highest BCUT2D eigenvalue weighted by Crippen LogP contribution is 2.30. The van der Waals surface area contributed by atoms with Crippen molar-refractivity contribution >= 4 is 69.7 Å². The first-order valence-corrected chi connectivity index (χ1v) is 9.96. The molecule has 2 rings (SSSR count). The Hall–Kier alpha value is -2.26. The van der Waals surface area contributed by atoms with E-state index in [1.165, 1.54) is 14.2 Å². The van der Waals surface area contributed by atoms with E-state index in [-0.39, 0.29) is 10.7 Å². The molecule has 0 aromatic heterocycles. The van der Waals surface area contributed by atoms with Crippen LogP contribution in [0.3, 0.4) is 0 Å². The molecule has 0 aliphatic carbocycles. The van der Waals surface area contributed by atoms with Crippen molar-refractivity contribution in [2.24, 2.45) is 0 Å². The number of esters is 1. The number of methoxy groups -OCH3 is 2. The lowest BCUT2D eigenvalue weighted by Gasteiger charge is -2.28. The van der Waals surface area contributed by atoms with Crippen LogP contribution in [-0.4, -0.2) is 41.2 Å². The van der Waals surface area contributed by atoms with Crippen molar-refractivity contribution < 1.29 is 19.1 Å². The molecule has 0 spiro atoms. The summed E-state index contributed by atoms with van der Waals surface area (Å²) in [4.78, 5) is 24.1. The summed E-state index contributed by atoms with van der Waals surface area (Å²) in [5, 5.41) is 8.30. The molecule has 30 heavy (non-hydrogen) atoms. The van der Waals surface area contributed by atoms with Crippen LogP contribution in [-0.2, 0) is 4.74 Å². The minimum absolute atomic E-state index is 0.0810. The summed E-state index contributed by atoms with van der Waals surface area (Å²) in [7, 11) is 2.74. The molecule has 0 heterocycles. The molecule has 1 atom stereocenters. The van der Waals surface area contributed by atoms with Gasteiger partial charge in [-0.2, -0.15) is 0 Å². The minimum Gasteiger partial charge on any atom is -0.496 e. The Morgan fingerprint density at radius 3 is 2.20 bits per heavy atom. The molecule has 160 valence electrons. The topological polar surface area (TPSA) is 88.7 Å². The number of hydrogen-bond acceptors (Lipinski definition) is 5. The second-order valence-electron chi connectivity index (χ2n) is 5.82. The Bertz CT molecular complexity index is 920. The van der Waals surface area contributed by atoms with Gasteiger partial charge in [0.1, 0.15) is 11.9 Å². The van der Waals surface area contributed by atoms with E-state index in [0.717, 1.165) is 0 Å². The quantitative estimate of drug-likeness (QED) is 0.245. The molecule has 1 amide bonds. The zero-order valence-corrected chi connectivity index (χ0v) is 19.0. The smallest absolute Gasteiger partial charge is 0.337 e. The van der Waals surface area contributed by atoms with Crippen LogP contribution in [0.25, 0.3) is 0 Å². The predicted octanol–water partition coefficient (Wildman–Crippen LogP) is 3.89. The summed E-state index contributed by atoms with van der Waals surface area (Å²) in [6.45, 7) is 0. The fourth-order valence-electron chi connectivity index (χ4n) is 2.35. The van der Waals surface area contributed by atoms with E-state index in [9.17, 15) is 9.59 Å². The van der Waals surface area contributed by atoms with Crippen LogP contribution in [0, 0.1) is 0 Å². The molecule has 3 N–H and O–H groups in total. The van der Waals surface area contributed by atoms with Gasteiger partial charge in [0.25, 0.3) is 5.91 Å². The van der Waals surface area contributed by atoms with Crippen LogP contribution in [0.5, 0.6) is 5.75 Å². The van der Waals surface area contributed by atoms with Crippen LogP contribution in [0.4, 0.5) is 5.69 Å². The van der Waals surface area contributed by atoms with Crippen molar-refractivity contribution in [3.05, 3.63) is 59.7 Å². The van der Waals surface area contributed by atoms with Crippen LogP contribution in [0.15, 0.2) is 48.5 Å². The number of carbonyl (C=O) groups excluding carboxylic acids is 2. The third kappa shape index (κ3) is 6.63. The Morgan fingerprint density at radius 2 is 1.63 bits per heavy atom. The van der Waals surface area contributed by atoms with Crippen molar-refractivity contribution in [3.63, 3.8) is 0 Å². The van der Waals surface area contributed by atoms with Crippen molar-refractivity contribution in [1.29, 1.82) is 0 Å². The fourth-order valence-corrected chi connectivity index (χ4v) is 2.91. The first kappa shape index (κ1) is 24.0. The number of rotatable bonds is 6. The van der Waals surface area contributed by atoms with Gasteiger partial charge in [0, 0.05) is 5.69 Å². The Morgan fingerprint density at radius 1 is 1.00 bits per heavy atom. The maximum Gasteiger partial charge on any atom is 0.337 e. The molecule has 2 aromatic carbocycles. The predicted molar refractivity (Wildman–Crippen MR) is 122 cm³/mol. The van der Waals surface area contributed by atoms with E-state index in [1.54, 1.807) is 48.5 Å². The molecule has 0 saturated heterocycles. The number of para-hydroxylation sites is 1. The lowest BCUT2D eigenvalue weighted by molar-refractivity contribution is 0.0600. The molecule has 11 heteroatoms. The van der Waals surface area contributed by atoms with E-state index >= 15 is 0 Å². The van der Waals surface area contributed by atoms with E-state index in [4.69, 9.17) is 51.8 Å². The van der Waals surface area contributed by atoms with Crippen LogP contribution >= 0.6 is 47.0 Å². The molecule has 7 nitrogen and oxygen atoms in total. The Labute approximate surface area is 194 Å². The second kappa shape index (κ2) is 10.7. The van der Waals surface area contributed by atoms with Gasteiger partial charge in [-0.15, -0.1) is 0 Å². The number of thiocarbonyl (C=S) groups is 1. The summed E-state index contributed by atoms with van der Waals surface area (Å²) < 4.78 is 7.91. The zero-order chi connectivity index (χ0) is 22.3. The third-order valence-electron chi connectivity index (χ3n) is 3.79. The largest absolute Gasteiger partial charge is 0.496 e. The number of amides is 1. The van der Waals surface area contributed by atoms with Crippen molar-refractivity contribution in [2.75, 3.05) is 19.5 Å². The summed E-state index contributed by atoms with van der Waals surface area (Å²) in [5.41, 5.74) is 1.21. The molecule has 0 aliphatic rings. The standard InChI is InChI=1S/C19H18Cl3N3O4S/c1-28-14-6-4-3-5-13(14)15(26)24-17(19(20,21)22)25-18(30)23-12-9-7-11(8-10-12)16(27)29-2/h3-10,17H,1-2H3,(H,24,26)(H2,23,25,30)/t17-/m0/s1. The number of benzene rings is 2. The molecule has 0 aliphatic heterocycles. The van der Waals surface area contributed by atoms with Crippen LogP contribution in [0.2, 0.25) is 0 Å². The first-order valence-electron chi connectivity index (χ1n) is 8.42. The number of carbonyl (C=O) groups is 2. The summed E-state index contributed by atoms with van der Waals surface area (Å²) >= 11 is 23.3. The number of ether oxygens (including phenoxy) is 2. The number of nitrogens with one attached hydrogen (secondary N) is 3. The van der Waals surface area contributed by atoms with Crippen LogP contribution < -0.4 is 20.7 Å². The number of halogens is 3. The van der Waals surface area contributed by atoms with Crippen molar-refractivity contribution in [3.8, 4) is 5.75 Å². The third-order valence-corrected chi connectivity index (χ3v) is 4.67. The van der Waals surface area contributed by atoms with Crippen molar-refractivity contribution in [1.82, 2.24) is 10.6 Å². The van der Waals surface area contributed by atoms with Gasteiger partial charge in [-0.05, 0) is 48.6 Å². The van der Waals surface area contributed by atoms with Gasteiger partial charge in [0.15, 0.2) is 5.11 Å². The van der Waals surface area contributed by atoms with Crippen molar-refractivity contribution in [2.45, 2.75) is 9.96 Å². The van der Waals surface area contributed by atoms with Gasteiger partial charge in [0.05, 0.1) is 25.3 Å². The number of anilines is 1. The Balaban J connectivity index is 2.08. The molecule has 0 unspecified atom stereocenters. The van der Waals surface area contributed by atoms with E-state index < -0.39 is 21.8 Å². The SMILES string of the molecule is COC(=O)c1ccc(NC(=S)N[C@H](NC(=O)c2ccccc2OC)C(Cl)(Cl)Cl)cc1. The van der Waals surface area contributed by atoms with Gasteiger partial charge < -0.3 is 25.4 Å². The average Bonchev–Trinajstić information content (AvgIpc) is 2.72. The van der Waals surface area contributed by atoms with Gasteiger partial charge in [0.2, 0.25) is 3.79 Å². The second-order valence-corrected chi connectivity index (χ2v) is 8.59. The molecule has 0 fully saturated rings. The molecular weight excluding hydrogens is 473 g/mol. The first-order chi connectivity index (χ1) is 14.2. The maximum absolute atomic E-state index is 12.6. The lowest BCUT2D eigenvalue weighted by atomic mass is 10.2. The lowest BCUT2D eigenvalue weighted by Crippen LogP contribution is -2.56. The number of alkyl halides is 3. The minimum atomic E-state index is -1.92. The van der Waals surface area contributed by atoms with Gasteiger partial charge in [-0.25, -0.2) is 4.79 Å². The zero-order valence-electron chi connectivity index (χ0n) is 15.9. The molecule has 0 radical (unpaired) electrons. The average molecular weight is 491 g/mol. The fraction of sp³-hybridized carbons (Fsp3) is 0.211.